The molecule has 0 bridgehead atoms. The Bertz CT molecular complexity index is 1320. The lowest BCUT2D eigenvalue weighted by Gasteiger charge is -2.14. The molecule has 0 saturated heterocycles. The number of benzene rings is 1. The molecule has 3 aromatic rings. The normalized spacial score (nSPS) is 12.6. The quantitative estimate of drug-likeness (QED) is 0.657. The van der Waals surface area contributed by atoms with Gasteiger partial charge < -0.3 is 14.8 Å². The molecule has 1 aliphatic rings. The van der Waals surface area contributed by atoms with E-state index in [1.165, 1.54) is 24.7 Å². The van der Waals surface area contributed by atoms with Crippen LogP contribution >= 0.6 is 0 Å². The lowest BCUT2D eigenvalue weighted by atomic mass is 10.1. The average molecular weight is 408 g/mol. The van der Waals surface area contributed by atoms with Gasteiger partial charge >= 0.3 is 5.69 Å². The summed E-state index contributed by atoms with van der Waals surface area (Å²) in [4.78, 5) is 41.9. The summed E-state index contributed by atoms with van der Waals surface area (Å²) in [5.74, 6) is 0.870. The number of hydrogen-bond donors (Lipinski definition) is 1. The van der Waals surface area contributed by atoms with Crippen LogP contribution in [0.25, 0.3) is 17.1 Å². The number of nitrogens with one attached hydrogen (secondary N) is 1. The molecule has 2 aromatic heterocycles. The molecular formula is C21H20N4O5. The molecule has 0 radical (unpaired) electrons. The largest absolute Gasteiger partial charge is 0.454 e. The number of ether oxygens (including phenoxy) is 2. The lowest BCUT2D eigenvalue weighted by Crippen LogP contribution is -2.37. The summed E-state index contributed by atoms with van der Waals surface area (Å²) in [6, 6.07) is 5.36. The zero-order chi connectivity index (χ0) is 21.4. The maximum absolute atomic E-state index is 12.8. The number of hydrogen-bond acceptors (Lipinski definition) is 6. The highest BCUT2D eigenvalue weighted by Gasteiger charge is 2.18. The number of carbonyl (C=O) groups excluding carboxylic acids is 1. The van der Waals surface area contributed by atoms with Crippen molar-refractivity contribution in [3.63, 3.8) is 0 Å². The molecule has 0 unspecified atom stereocenters. The van der Waals surface area contributed by atoms with Gasteiger partial charge in [-0.05, 0) is 35.8 Å². The Kier molecular flexibility index (Phi) is 4.86. The van der Waals surface area contributed by atoms with Gasteiger partial charge in [0.25, 0.3) is 5.56 Å². The number of nitrogens with zero attached hydrogens (tertiary/aromatic N) is 3. The molecule has 9 heteroatoms. The van der Waals surface area contributed by atoms with Crippen molar-refractivity contribution in [2.75, 3.05) is 12.1 Å². The number of anilines is 1. The standard InChI is InChI=1S/C21H20N4O5/c1-4-13-10-22-19-17(20(27)25(3)21(28)24(19)2)18(13)23-16(26)8-6-12-5-7-14-15(9-12)30-11-29-14/h5-10H,4,11H2,1-3H3,(H,22,23,26)/b8-6-. The van der Waals surface area contributed by atoms with Crippen molar-refractivity contribution < 1.29 is 14.3 Å². The maximum Gasteiger partial charge on any atom is 0.332 e. The molecular weight excluding hydrogens is 388 g/mol. The van der Waals surface area contributed by atoms with Crippen LogP contribution in [0.4, 0.5) is 5.69 Å². The minimum Gasteiger partial charge on any atom is -0.454 e. The molecule has 0 fully saturated rings. The number of carbonyl (C=O) groups is 1. The molecule has 0 spiro atoms. The van der Waals surface area contributed by atoms with Crippen molar-refractivity contribution >= 4 is 28.7 Å². The van der Waals surface area contributed by atoms with Crippen LogP contribution in [0, 0.1) is 0 Å². The molecule has 0 saturated carbocycles. The van der Waals surface area contributed by atoms with Gasteiger partial charge in [0.15, 0.2) is 17.1 Å². The van der Waals surface area contributed by atoms with Crippen LogP contribution in [0.3, 0.4) is 0 Å². The SMILES string of the molecule is CCc1cnc2c(c1NC(=O)/C=C\c1ccc3c(c1)OCO3)c(=O)n(C)c(=O)n2C. The van der Waals surface area contributed by atoms with E-state index in [4.69, 9.17) is 9.47 Å². The molecule has 1 aromatic carbocycles. The van der Waals surface area contributed by atoms with Gasteiger partial charge in [-0.3, -0.25) is 18.7 Å². The maximum atomic E-state index is 12.8. The van der Waals surface area contributed by atoms with Crippen molar-refractivity contribution in [3.05, 3.63) is 62.4 Å². The van der Waals surface area contributed by atoms with Crippen LogP contribution in [-0.4, -0.2) is 26.8 Å². The zero-order valence-electron chi connectivity index (χ0n) is 16.8. The number of aryl methyl sites for hydroxylation is 2. The summed E-state index contributed by atoms with van der Waals surface area (Å²) < 4.78 is 12.9. The molecule has 1 N–H and O–H groups in total. The Hall–Kier alpha value is -3.88. The van der Waals surface area contributed by atoms with Crippen molar-refractivity contribution in [1.82, 2.24) is 14.1 Å². The molecule has 9 nitrogen and oxygen atoms in total. The number of amides is 1. The molecule has 154 valence electrons. The first-order valence-electron chi connectivity index (χ1n) is 9.37. The Morgan fingerprint density at radius 3 is 2.73 bits per heavy atom. The first-order chi connectivity index (χ1) is 14.4. The van der Waals surface area contributed by atoms with Crippen molar-refractivity contribution in [2.24, 2.45) is 14.1 Å². The van der Waals surface area contributed by atoms with E-state index in [1.807, 2.05) is 13.0 Å². The zero-order valence-corrected chi connectivity index (χ0v) is 16.8. The summed E-state index contributed by atoms with van der Waals surface area (Å²) in [7, 11) is 2.93. The van der Waals surface area contributed by atoms with Crippen molar-refractivity contribution in [3.8, 4) is 11.5 Å². The van der Waals surface area contributed by atoms with E-state index in [1.54, 1.807) is 24.4 Å². The summed E-state index contributed by atoms with van der Waals surface area (Å²) in [5.41, 5.74) is 1.05. The average Bonchev–Trinajstić information content (AvgIpc) is 3.22. The fraction of sp³-hybridized carbons (Fsp3) is 0.238. The van der Waals surface area contributed by atoms with Crippen LogP contribution in [0.2, 0.25) is 0 Å². The van der Waals surface area contributed by atoms with Crippen LogP contribution in [0.15, 0.2) is 40.1 Å². The highest BCUT2D eigenvalue weighted by Crippen LogP contribution is 2.32. The Balaban J connectivity index is 1.71. The van der Waals surface area contributed by atoms with Gasteiger partial charge in [-0.1, -0.05) is 13.0 Å². The van der Waals surface area contributed by atoms with Gasteiger partial charge in [-0.15, -0.1) is 0 Å². The molecule has 3 heterocycles. The highest BCUT2D eigenvalue weighted by molar-refractivity contribution is 6.07. The van der Waals surface area contributed by atoms with Gasteiger partial charge in [-0.25, -0.2) is 9.78 Å². The van der Waals surface area contributed by atoms with E-state index >= 15 is 0 Å². The van der Waals surface area contributed by atoms with E-state index in [0.717, 1.165) is 10.1 Å². The second-order valence-electron chi connectivity index (χ2n) is 6.85. The van der Waals surface area contributed by atoms with E-state index in [-0.39, 0.29) is 17.8 Å². The summed E-state index contributed by atoms with van der Waals surface area (Å²) in [5, 5.41) is 2.99. The highest BCUT2D eigenvalue weighted by atomic mass is 16.7. The van der Waals surface area contributed by atoms with Crippen LogP contribution < -0.4 is 26.0 Å². The van der Waals surface area contributed by atoms with Crippen molar-refractivity contribution in [1.29, 1.82) is 0 Å². The number of aromatic nitrogens is 3. The molecule has 30 heavy (non-hydrogen) atoms. The van der Waals surface area contributed by atoms with E-state index in [2.05, 4.69) is 10.3 Å². The second-order valence-corrected chi connectivity index (χ2v) is 6.85. The summed E-state index contributed by atoms with van der Waals surface area (Å²) >= 11 is 0. The fourth-order valence-electron chi connectivity index (χ4n) is 3.33. The smallest absolute Gasteiger partial charge is 0.332 e. The molecule has 0 aliphatic carbocycles. The summed E-state index contributed by atoms with van der Waals surface area (Å²) in [6.07, 6.45) is 5.13. The monoisotopic (exact) mass is 408 g/mol. The first-order valence-corrected chi connectivity index (χ1v) is 9.37. The van der Waals surface area contributed by atoms with Gasteiger partial charge in [0, 0.05) is 26.4 Å². The fourth-order valence-corrected chi connectivity index (χ4v) is 3.33. The van der Waals surface area contributed by atoms with Gasteiger partial charge in [0.1, 0.15) is 5.39 Å². The lowest BCUT2D eigenvalue weighted by molar-refractivity contribution is -0.111. The third-order valence-corrected chi connectivity index (χ3v) is 5.00. The predicted octanol–water partition coefficient (Wildman–Crippen LogP) is 1.58. The molecule has 4 rings (SSSR count). The topological polar surface area (TPSA) is 104 Å². The van der Waals surface area contributed by atoms with E-state index < -0.39 is 17.2 Å². The second kappa shape index (κ2) is 7.51. The van der Waals surface area contributed by atoms with Crippen LogP contribution in [-0.2, 0) is 25.3 Å². The molecule has 1 aliphatic heterocycles. The third-order valence-electron chi connectivity index (χ3n) is 5.00. The number of rotatable bonds is 4. The Morgan fingerprint density at radius 2 is 1.97 bits per heavy atom. The van der Waals surface area contributed by atoms with Crippen molar-refractivity contribution in [2.45, 2.75) is 13.3 Å². The van der Waals surface area contributed by atoms with Gasteiger partial charge in [0.2, 0.25) is 12.7 Å². The van der Waals surface area contributed by atoms with Crippen LogP contribution in [0.1, 0.15) is 18.1 Å². The van der Waals surface area contributed by atoms with Gasteiger partial charge in [-0.2, -0.15) is 0 Å². The third kappa shape index (κ3) is 3.24. The molecule has 0 atom stereocenters. The Morgan fingerprint density at radius 1 is 1.20 bits per heavy atom. The minimum atomic E-state index is -0.508. The van der Waals surface area contributed by atoms with Gasteiger partial charge in [0.05, 0.1) is 5.69 Å². The molecule has 1 amide bonds. The van der Waals surface area contributed by atoms with Crippen LogP contribution in [0.5, 0.6) is 11.5 Å². The number of pyridine rings is 1. The first kappa shape index (κ1) is 19.4. The number of fused-ring (bicyclic) bond motifs is 2. The van der Waals surface area contributed by atoms with E-state index in [0.29, 0.717) is 29.2 Å². The minimum absolute atomic E-state index is 0.176. The van der Waals surface area contributed by atoms with E-state index in [9.17, 15) is 14.4 Å². The predicted molar refractivity (Wildman–Crippen MR) is 112 cm³/mol. The summed E-state index contributed by atoms with van der Waals surface area (Å²) in [6.45, 7) is 2.07. The Labute approximate surface area is 171 Å².